The molecule has 1 amide bonds. The summed E-state index contributed by atoms with van der Waals surface area (Å²) in [5, 5.41) is 11.8. The molecule has 0 radical (unpaired) electrons. The normalized spacial score (nSPS) is 15.9. The summed E-state index contributed by atoms with van der Waals surface area (Å²) in [7, 11) is 1.79. The van der Waals surface area contributed by atoms with E-state index in [9.17, 15) is 9.59 Å². The highest BCUT2D eigenvalue weighted by Crippen LogP contribution is 2.38. The molecule has 10 heteroatoms. The monoisotopic (exact) mass is 533 g/mol. The van der Waals surface area contributed by atoms with E-state index in [0.29, 0.717) is 48.3 Å². The first-order valence-electron chi connectivity index (χ1n) is 13.0. The number of nitriles is 1. The minimum Gasteiger partial charge on any atom is -0.489 e. The van der Waals surface area contributed by atoms with Crippen molar-refractivity contribution in [2.75, 3.05) is 41.4 Å². The van der Waals surface area contributed by atoms with Gasteiger partial charge in [-0.25, -0.2) is 9.97 Å². The third-order valence-electron chi connectivity index (χ3n) is 7.47. The second-order valence-electron chi connectivity index (χ2n) is 9.93. The number of piperazine rings is 1. The van der Waals surface area contributed by atoms with Crippen LogP contribution in [0.25, 0.3) is 11.1 Å². The molecule has 2 aliphatic heterocycles. The Morgan fingerprint density at radius 3 is 2.60 bits per heavy atom. The van der Waals surface area contributed by atoms with E-state index in [1.165, 1.54) is 12.4 Å². The Bertz CT molecular complexity index is 1640. The lowest BCUT2D eigenvalue weighted by Gasteiger charge is -2.45. The Kier molecular flexibility index (Phi) is 6.40. The van der Waals surface area contributed by atoms with Crippen LogP contribution >= 0.6 is 0 Å². The number of anilines is 3. The SMILES string of the molecule is Cc1cc(-c2ccccc2)c(C(=O)C(=O)Nc2ccc3c(c2)OCC2CN(c4ncc(C#N)cn4)CCN32)n1C. The van der Waals surface area contributed by atoms with Crippen LogP contribution in [0.3, 0.4) is 0 Å². The fourth-order valence-electron chi connectivity index (χ4n) is 5.31. The summed E-state index contributed by atoms with van der Waals surface area (Å²) in [5.41, 5.74) is 4.70. The lowest BCUT2D eigenvalue weighted by Crippen LogP contribution is -2.57. The van der Waals surface area contributed by atoms with E-state index in [4.69, 9.17) is 10.00 Å². The standard InChI is InChI=1S/C30H27N7O3/c1-19-12-24(21-6-4-3-5-7-21)27(35(19)2)28(38)29(39)34-22-8-9-25-26(13-22)40-18-23-17-36(10-11-37(23)25)30-32-15-20(14-31)16-33-30/h3-9,12-13,15-16,23H,10-11,17-18H2,1-2H3,(H,34,39). The van der Waals surface area contributed by atoms with Gasteiger partial charge in [0.25, 0.3) is 11.7 Å². The summed E-state index contributed by atoms with van der Waals surface area (Å²) in [6.45, 7) is 4.50. The van der Waals surface area contributed by atoms with Gasteiger partial charge in [0.15, 0.2) is 0 Å². The zero-order valence-corrected chi connectivity index (χ0v) is 22.2. The van der Waals surface area contributed by atoms with Crippen LogP contribution in [0.1, 0.15) is 21.7 Å². The predicted molar refractivity (Wildman–Crippen MR) is 151 cm³/mol. The molecule has 1 N–H and O–H groups in total. The van der Waals surface area contributed by atoms with Crippen molar-refractivity contribution < 1.29 is 14.3 Å². The van der Waals surface area contributed by atoms with Crippen LogP contribution in [0, 0.1) is 18.3 Å². The Morgan fingerprint density at radius 1 is 1.07 bits per heavy atom. The molecule has 1 atom stereocenters. The zero-order valence-electron chi connectivity index (χ0n) is 22.2. The minimum atomic E-state index is -0.706. The largest absolute Gasteiger partial charge is 0.489 e. The number of Topliss-reactive ketones (excluding diaryl/α,β-unsaturated/α-hetero) is 1. The molecule has 1 fully saturated rings. The molecule has 200 valence electrons. The third-order valence-corrected chi connectivity index (χ3v) is 7.47. The molecule has 0 bridgehead atoms. The quantitative estimate of drug-likeness (QED) is 0.306. The Labute approximate surface area is 231 Å². The fourth-order valence-corrected chi connectivity index (χ4v) is 5.31. The molecule has 2 aromatic heterocycles. The summed E-state index contributed by atoms with van der Waals surface area (Å²) in [6, 6.07) is 19.1. The molecular weight excluding hydrogens is 506 g/mol. The van der Waals surface area contributed by atoms with E-state index in [-0.39, 0.29) is 6.04 Å². The van der Waals surface area contributed by atoms with Gasteiger partial charge in [-0.3, -0.25) is 9.59 Å². The number of hydrogen-bond acceptors (Lipinski definition) is 8. The first-order valence-corrected chi connectivity index (χ1v) is 13.0. The zero-order chi connectivity index (χ0) is 27.8. The molecule has 0 saturated carbocycles. The smallest absolute Gasteiger partial charge is 0.298 e. The van der Waals surface area contributed by atoms with E-state index < -0.39 is 11.7 Å². The highest BCUT2D eigenvalue weighted by atomic mass is 16.5. The van der Waals surface area contributed by atoms with Crippen molar-refractivity contribution in [3.8, 4) is 22.9 Å². The van der Waals surface area contributed by atoms with Gasteiger partial charge in [0, 0.05) is 49.7 Å². The average molecular weight is 534 g/mol. The van der Waals surface area contributed by atoms with Gasteiger partial charge in [-0.15, -0.1) is 0 Å². The number of nitrogens with zero attached hydrogens (tertiary/aromatic N) is 6. The number of ether oxygens (including phenoxy) is 1. The van der Waals surface area contributed by atoms with E-state index in [0.717, 1.165) is 29.1 Å². The third kappa shape index (κ3) is 4.52. The van der Waals surface area contributed by atoms with Crippen LogP contribution in [-0.2, 0) is 11.8 Å². The molecule has 1 unspecified atom stereocenters. The van der Waals surface area contributed by atoms with Crippen molar-refractivity contribution in [3.63, 3.8) is 0 Å². The number of benzene rings is 2. The number of amides is 1. The van der Waals surface area contributed by atoms with Crippen molar-refractivity contribution in [1.82, 2.24) is 14.5 Å². The van der Waals surface area contributed by atoms with Crippen molar-refractivity contribution in [1.29, 1.82) is 5.26 Å². The number of carbonyl (C=O) groups is 2. The number of carbonyl (C=O) groups excluding carboxylic acids is 2. The molecule has 4 aromatic rings. The molecule has 0 spiro atoms. The highest BCUT2D eigenvalue weighted by molar-refractivity contribution is 6.47. The van der Waals surface area contributed by atoms with Gasteiger partial charge in [-0.1, -0.05) is 30.3 Å². The highest BCUT2D eigenvalue weighted by Gasteiger charge is 2.34. The van der Waals surface area contributed by atoms with Gasteiger partial charge in [0.1, 0.15) is 24.1 Å². The van der Waals surface area contributed by atoms with Crippen LogP contribution < -0.4 is 19.9 Å². The fraction of sp³-hybridized carbons (Fsp3) is 0.233. The van der Waals surface area contributed by atoms with Crippen molar-refractivity contribution in [3.05, 3.63) is 83.9 Å². The van der Waals surface area contributed by atoms with Crippen molar-refractivity contribution in [2.24, 2.45) is 7.05 Å². The molecule has 40 heavy (non-hydrogen) atoms. The maximum absolute atomic E-state index is 13.3. The van der Waals surface area contributed by atoms with Crippen LogP contribution in [0.5, 0.6) is 5.75 Å². The Morgan fingerprint density at radius 2 is 1.85 bits per heavy atom. The summed E-state index contributed by atoms with van der Waals surface area (Å²) < 4.78 is 7.84. The molecule has 10 nitrogen and oxygen atoms in total. The van der Waals surface area contributed by atoms with Gasteiger partial charge in [0.2, 0.25) is 5.95 Å². The molecule has 4 heterocycles. The van der Waals surface area contributed by atoms with E-state index >= 15 is 0 Å². The molecule has 6 rings (SSSR count). The van der Waals surface area contributed by atoms with E-state index in [2.05, 4.69) is 25.1 Å². The molecule has 0 aliphatic carbocycles. The summed E-state index contributed by atoms with van der Waals surface area (Å²) >= 11 is 0. The number of aromatic nitrogens is 3. The predicted octanol–water partition coefficient (Wildman–Crippen LogP) is 3.57. The number of hydrogen-bond donors (Lipinski definition) is 1. The van der Waals surface area contributed by atoms with Crippen molar-refractivity contribution in [2.45, 2.75) is 13.0 Å². The molecule has 2 aromatic carbocycles. The topological polar surface area (TPSA) is 116 Å². The first kappa shape index (κ1) is 25.1. The van der Waals surface area contributed by atoms with Crippen LogP contribution in [0.2, 0.25) is 0 Å². The van der Waals surface area contributed by atoms with Gasteiger partial charge >= 0.3 is 0 Å². The lowest BCUT2D eigenvalue weighted by atomic mass is 10.0. The van der Waals surface area contributed by atoms with Crippen LogP contribution in [0.15, 0.2) is 67.0 Å². The molecule has 2 aliphatic rings. The van der Waals surface area contributed by atoms with Gasteiger partial charge in [-0.2, -0.15) is 5.26 Å². The maximum Gasteiger partial charge on any atom is 0.298 e. The number of fused-ring (bicyclic) bond motifs is 3. The number of aryl methyl sites for hydroxylation is 1. The summed E-state index contributed by atoms with van der Waals surface area (Å²) in [4.78, 5) is 39.5. The summed E-state index contributed by atoms with van der Waals surface area (Å²) in [6.07, 6.45) is 3.06. The number of nitrogens with one attached hydrogen (secondary N) is 1. The van der Waals surface area contributed by atoms with Crippen LogP contribution in [0.4, 0.5) is 17.3 Å². The van der Waals surface area contributed by atoms with Gasteiger partial charge < -0.3 is 24.4 Å². The maximum atomic E-state index is 13.3. The first-order chi connectivity index (χ1) is 19.4. The second kappa shape index (κ2) is 10.2. The van der Waals surface area contributed by atoms with Gasteiger partial charge in [-0.05, 0) is 30.7 Å². The molecular formula is C30H27N7O3. The van der Waals surface area contributed by atoms with E-state index in [1.54, 1.807) is 23.7 Å². The lowest BCUT2D eigenvalue weighted by molar-refractivity contribution is -0.112. The van der Waals surface area contributed by atoms with Crippen LogP contribution in [-0.4, -0.2) is 58.5 Å². The van der Waals surface area contributed by atoms with Crippen molar-refractivity contribution >= 4 is 29.0 Å². The number of rotatable bonds is 5. The second-order valence-corrected chi connectivity index (χ2v) is 9.93. The Hall–Kier alpha value is -5.17. The minimum absolute atomic E-state index is 0.0968. The number of ketones is 1. The summed E-state index contributed by atoms with van der Waals surface area (Å²) in [5.74, 6) is -0.0578. The van der Waals surface area contributed by atoms with Gasteiger partial charge in [0.05, 0.1) is 29.7 Å². The average Bonchev–Trinajstić information content (AvgIpc) is 3.30. The molecule has 1 saturated heterocycles. The Balaban J connectivity index is 1.17. The van der Waals surface area contributed by atoms with E-state index in [1.807, 2.05) is 55.5 Å².